The number of nitrogens with one attached hydrogen (secondary N) is 1. The Hall–Kier alpha value is -3.48. The van der Waals surface area contributed by atoms with Gasteiger partial charge in [-0.2, -0.15) is 5.10 Å². The lowest BCUT2D eigenvalue weighted by Crippen LogP contribution is -2.33. The van der Waals surface area contributed by atoms with Crippen molar-refractivity contribution in [1.29, 1.82) is 0 Å². The van der Waals surface area contributed by atoms with Crippen molar-refractivity contribution in [1.82, 2.24) is 14.8 Å². The maximum atomic E-state index is 12.7. The minimum atomic E-state index is -0.802. The number of benzene rings is 1. The van der Waals surface area contributed by atoms with E-state index in [1.54, 1.807) is 49.6 Å². The van der Waals surface area contributed by atoms with Crippen LogP contribution in [0.2, 0.25) is 0 Å². The van der Waals surface area contributed by atoms with E-state index in [1.807, 2.05) is 19.1 Å². The van der Waals surface area contributed by atoms with Crippen LogP contribution in [0.15, 0.2) is 65.7 Å². The van der Waals surface area contributed by atoms with Gasteiger partial charge in [0.2, 0.25) is 5.91 Å². The Labute approximate surface area is 156 Å². The van der Waals surface area contributed by atoms with Gasteiger partial charge >= 0.3 is 0 Å². The second-order valence-electron chi connectivity index (χ2n) is 5.84. The van der Waals surface area contributed by atoms with Crippen LogP contribution in [0.1, 0.15) is 19.9 Å². The van der Waals surface area contributed by atoms with Crippen molar-refractivity contribution in [2.45, 2.75) is 19.9 Å². The Bertz CT molecular complexity index is 986. The molecular weight excluding hydrogens is 344 g/mol. The molecule has 1 atom stereocenters. The number of ether oxygens (including phenoxy) is 1. The van der Waals surface area contributed by atoms with Crippen LogP contribution in [0, 0.1) is 0 Å². The van der Waals surface area contributed by atoms with Gasteiger partial charge in [0.1, 0.15) is 11.8 Å². The van der Waals surface area contributed by atoms with Crippen molar-refractivity contribution >= 4 is 11.6 Å². The molecule has 27 heavy (non-hydrogen) atoms. The van der Waals surface area contributed by atoms with Crippen molar-refractivity contribution in [3.05, 3.63) is 71.3 Å². The first-order valence-corrected chi connectivity index (χ1v) is 8.63. The molecule has 1 unspecified atom stereocenters. The fourth-order valence-corrected chi connectivity index (χ4v) is 2.57. The minimum Gasteiger partial charge on any atom is -0.492 e. The number of anilines is 1. The largest absolute Gasteiger partial charge is 0.492 e. The van der Waals surface area contributed by atoms with Crippen molar-refractivity contribution in [3.63, 3.8) is 0 Å². The zero-order valence-corrected chi connectivity index (χ0v) is 15.1. The summed E-state index contributed by atoms with van der Waals surface area (Å²) in [5.41, 5.74) is 1.52. The van der Waals surface area contributed by atoms with E-state index in [9.17, 15) is 9.59 Å². The summed E-state index contributed by atoms with van der Waals surface area (Å²) >= 11 is 0. The molecule has 1 N–H and O–H groups in total. The molecule has 2 aromatic heterocycles. The fraction of sp³-hybridized carbons (Fsp3) is 0.200. The first kappa shape index (κ1) is 18.3. The highest BCUT2D eigenvalue weighted by Crippen LogP contribution is 2.24. The van der Waals surface area contributed by atoms with Crippen molar-refractivity contribution in [2.75, 3.05) is 11.9 Å². The summed E-state index contributed by atoms with van der Waals surface area (Å²) in [5.74, 6) is 0.213. The molecule has 0 saturated heterocycles. The lowest BCUT2D eigenvalue weighted by molar-refractivity contribution is -0.119. The van der Waals surface area contributed by atoms with Gasteiger partial charge in [0, 0.05) is 24.0 Å². The molecule has 3 rings (SSSR count). The van der Waals surface area contributed by atoms with Crippen LogP contribution in [0.4, 0.5) is 5.69 Å². The lowest BCUT2D eigenvalue weighted by atomic mass is 10.2. The Kier molecular flexibility index (Phi) is 5.61. The summed E-state index contributed by atoms with van der Waals surface area (Å²) in [4.78, 5) is 29.0. The van der Waals surface area contributed by atoms with Crippen LogP contribution in [0.25, 0.3) is 11.3 Å². The standard InChI is InChI=1S/C20H20N4O3/c1-3-27-18-9-5-4-8-17(18)22-20(26)14(2)24-19(25)11-10-16(23-24)15-7-6-12-21-13-15/h4-14H,3H2,1-2H3,(H,22,26). The Balaban J connectivity index is 1.86. The molecule has 0 radical (unpaired) electrons. The number of amides is 1. The number of hydrogen-bond donors (Lipinski definition) is 1. The summed E-state index contributed by atoms with van der Waals surface area (Å²) in [6.07, 6.45) is 3.31. The number of carbonyl (C=O) groups excluding carboxylic acids is 1. The molecule has 0 aliphatic rings. The van der Waals surface area contributed by atoms with E-state index in [-0.39, 0.29) is 11.5 Å². The first-order valence-electron chi connectivity index (χ1n) is 8.63. The molecule has 0 spiro atoms. The van der Waals surface area contributed by atoms with E-state index in [0.29, 0.717) is 23.7 Å². The van der Waals surface area contributed by atoms with Gasteiger partial charge in [-0.1, -0.05) is 12.1 Å². The highest BCUT2D eigenvalue weighted by Gasteiger charge is 2.19. The molecule has 1 aromatic carbocycles. The summed E-state index contributed by atoms with van der Waals surface area (Å²) in [7, 11) is 0. The third-order valence-corrected chi connectivity index (χ3v) is 3.97. The maximum Gasteiger partial charge on any atom is 0.267 e. The lowest BCUT2D eigenvalue weighted by Gasteiger charge is -2.16. The van der Waals surface area contributed by atoms with E-state index in [1.165, 1.54) is 10.7 Å². The van der Waals surface area contributed by atoms with Crippen LogP contribution in [-0.4, -0.2) is 27.3 Å². The number of pyridine rings is 1. The smallest absolute Gasteiger partial charge is 0.267 e. The van der Waals surface area contributed by atoms with Gasteiger partial charge < -0.3 is 10.1 Å². The normalized spacial score (nSPS) is 11.6. The summed E-state index contributed by atoms with van der Waals surface area (Å²) in [5, 5.41) is 7.14. The zero-order chi connectivity index (χ0) is 19.2. The molecule has 0 saturated carbocycles. The van der Waals surface area contributed by atoms with Gasteiger partial charge in [0.25, 0.3) is 5.56 Å². The SMILES string of the molecule is CCOc1ccccc1NC(=O)C(C)n1nc(-c2cccnc2)ccc1=O. The third-order valence-electron chi connectivity index (χ3n) is 3.97. The molecule has 0 aliphatic heterocycles. The number of hydrogen-bond acceptors (Lipinski definition) is 5. The summed E-state index contributed by atoms with van der Waals surface area (Å²) < 4.78 is 6.69. The van der Waals surface area contributed by atoms with Gasteiger partial charge in [-0.05, 0) is 44.2 Å². The third kappa shape index (κ3) is 4.20. The predicted octanol–water partition coefficient (Wildman–Crippen LogP) is 2.90. The van der Waals surface area contributed by atoms with E-state index in [4.69, 9.17) is 4.74 Å². The average molecular weight is 364 g/mol. The second kappa shape index (κ2) is 8.27. The molecule has 0 aliphatic carbocycles. The zero-order valence-electron chi connectivity index (χ0n) is 15.1. The molecule has 3 aromatic rings. The molecule has 0 bridgehead atoms. The monoisotopic (exact) mass is 364 g/mol. The van der Waals surface area contributed by atoms with Crippen molar-refractivity contribution in [3.8, 4) is 17.0 Å². The predicted molar refractivity (Wildman–Crippen MR) is 103 cm³/mol. The molecule has 7 nitrogen and oxygen atoms in total. The number of carbonyl (C=O) groups is 1. The average Bonchev–Trinajstić information content (AvgIpc) is 2.70. The highest BCUT2D eigenvalue weighted by atomic mass is 16.5. The number of nitrogens with zero attached hydrogens (tertiary/aromatic N) is 3. The topological polar surface area (TPSA) is 86.1 Å². The van der Waals surface area contributed by atoms with Gasteiger partial charge in [-0.3, -0.25) is 14.6 Å². The van der Waals surface area contributed by atoms with E-state index in [0.717, 1.165) is 5.56 Å². The van der Waals surface area contributed by atoms with Crippen LogP contribution < -0.4 is 15.6 Å². The quantitative estimate of drug-likeness (QED) is 0.727. The van der Waals surface area contributed by atoms with E-state index in [2.05, 4.69) is 15.4 Å². The van der Waals surface area contributed by atoms with Gasteiger partial charge in [0.05, 0.1) is 18.0 Å². The van der Waals surface area contributed by atoms with Crippen molar-refractivity contribution in [2.24, 2.45) is 0 Å². The Morgan fingerprint density at radius 1 is 1.19 bits per heavy atom. The van der Waals surface area contributed by atoms with Crippen molar-refractivity contribution < 1.29 is 9.53 Å². The van der Waals surface area contributed by atoms with E-state index < -0.39 is 6.04 Å². The van der Waals surface area contributed by atoms with Crippen LogP contribution in [-0.2, 0) is 4.79 Å². The summed E-state index contributed by atoms with van der Waals surface area (Å²) in [6, 6.07) is 13.0. The van der Waals surface area contributed by atoms with Gasteiger partial charge in [-0.15, -0.1) is 0 Å². The molecule has 138 valence electrons. The Morgan fingerprint density at radius 2 is 2.00 bits per heavy atom. The van der Waals surface area contributed by atoms with E-state index >= 15 is 0 Å². The number of aromatic nitrogens is 3. The van der Waals surface area contributed by atoms with Crippen LogP contribution in [0.3, 0.4) is 0 Å². The highest BCUT2D eigenvalue weighted by molar-refractivity contribution is 5.94. The van der Waals surface area contributed by atoms with Crippen LogP contribution in [0.5, 0.6) is 5.75 Å². The second-order valence-corrected chi connectivity index (χ2v) is 5.84. The molecule has 1 amide bonds. The number of rotatable bonds is 6. The fourth-order valence-electron chi connectivity index (χ4n) is 2.57. The van der Waals surface area contributed by atoms with Crippen LogP contribution >= 0.6 is 0 Å². The molecule has 0 fully saturated rings. The molecule has 2 heterocycles. The van der Waals surface area contributed by atoms with Gasteiger partial charge in [-0.25, -0.2) is 4.68 Å². The first-order chi connectivity index (χ1) is 13.1. The van der Waals surface area contributed by atoms with Gasteiger partial charge in [0.15, 0.2) is 0 Å². The Morgan fingerprint density at radius 3 is 2.74 bits per heavy atom. The minimum absolute atomic E-state index is 0.358. The molecular formula is C20H20N4O3. The number of para-hydroxylation sites is 2. The summed E-state index contributed by atoms with van der Waals surface area (Å²) in [6.45, 7) is 3.98. The molecule has 7 heteroatoms. The maximum absolute atomic E-state index is 12.7.